The van der Waals surface area contributed by atoms with E-state index in [-0.39, 0.29) is 26.3 Å². The van der Waals surface area contributed by atoms with Gasteiger partial charge in [-0.2, -0.15) is 16.8 Å². The number of aliphatic imine (C=N–C) groups is 1. The molecule has 0 aliphatic rings. The van der Waals surface area contributed by atoms with Crippen molar-refractivity contribution in [3.05, 3.63) is 57.9 Å². The highest BCUT2D eigenvalue weighted by atomic mass is 32.2. The number of methoxy groups -OCH3 is 1. The summed E-state index contributed by atoms with van der Waals surface area (Å²) in [5, 5.41) is 1.03. The predicted molar refractivity (Wildman–Crippen MR) is 151 cm³/mol. The van der Waals surface area contributed by atoms with Gasteiger partial charge < -0.3 is 9.64 Å². The maximum absolute atomic E-state index is 11.4. The van der Waals surface area contributed by atoms with Crippen LogP contribution >= 0.6 is 11.3 Å². The van der Waals surface area contributed by atoms with E-state index in [0.29, 0.717) is 11.4 Å². The van der Waals surface area contributed by atoms with Gasteiger partial charge in [0.2, 0.25) is 0 Å². The summed E-state index contributed by atoms with van der Waals surface area (Å²) in [6, 6.07) is 13.3. The molecule has 0 aliphatic carbocycles. The zero-order valence-corrected chi connectivity index (χ0v) is 24.3. The lowest BCUT2D eigenvalue weighted by atomic mass is 10.1. The van der Waals surface area contributed by atoms with E-state index >= 15 is 0 Å². The van der Waals surface area contributed by atoms with Gasteiger partial charge in [-0.1, -0.05) is 18.2 Å². The third-order valence-electron chi connectivity index (χ3n) is 5.27. The van der Waals surface area contributed by atoms with Crippen LogP contribution in [0.25, 0.3) is 11.3 Å². The Morgan fingerprint density at radius 2 is 1.55 bits per heavy atom. The van der Waals surface area contributed by atoms with Gasteiger partial charge in [-0.25, -0.2) is 4.98 Å². The topological polar surface area (TPSA) is 124 Å². The normalized spacial score (nSPS) is 12.2. The number of anilines is 1. The Morgan fingerprint density at radius 1 is 0.947 bits per heavy atom. The summed E-state index contributed by atoms with van der Waals surface area (Å²) in [7, 11) is -5.74. The molecule has 0 bridgehead atoms. The van der Waals surface area contributed by atoms with E-state index in [4.69, 9.17) is 13.1 Å². The molecule has 0 amide bonds. The molecule has 0 radical (unpaired) electrons. The highest BCUT2D eigenvalue weighted by Crippen LogP contribution is 2.30. The van der Waals surface area contributed by atoms with E-state index in [2.05, 4.69) is 16.9 Å². The first-order valence-corrected chi connectivity index (χ1v) is 16.0. The Balaban J connectivity index is 1.77. The summed E-state index contributed by atoms with van der Waals surface area (Å²) in [6.07, 6.45) is 3.64. The minimum atomic E-state index is -3.63. The first kappa shape index (κ1) is 29.7. The van der Waals surface area contributed by atoms with Crippen LogP contribution in [0.4, 0.5) is 11.4 Å². The molecule has 0 aliphatic heterocycles. The third-order valence-corrected chi connectivity index (χ3v) is 7.34. The minimum absolute atomic E-state index is 0.125. The maximum Gasteiger partial charge on any atom is 0.264 e. The second kappa shape index (κ2) is 12.8. The number of benzene rings is 2. The number of thiazole rings is 1. The molecular formula is C25H31N3O7S3. The molecule has 13 heteroatoms. The average Bonchev–Trinajstić information content (AvgIpc) is 3.18. The van der Waals surface area contributed by atoms with Crippen LogP contribution in [0.1, 0.15) is 15.4 Å². The van der Waals surface area contributed by atoms with Crippen LogP contribution in [0.5, 0.6) is 5.75 Å². The second-order valence-corrected chi connectivity index (χ2v) is 13.1. The number of hydrogen-bond donors (Lipinski definition) is 0. The Labute approximate surface area is 228 Å². The highest BCUT2D eigenvalue weighted by Gasteiger charge is 2.15. The summed E-state index contributed by atoms with van der Waals surface area (Å²) >= 11 is 1.67. The molecule has 0 saturated carbocycles. The van der Waals surface area contributed by atoms with Gasteiger partial charge in [-0.3, -0.25) is 13.4 Å². The quantitative estimate of drug-likeness (QED) is 0.218. The van der Waals surface area contributed by atoms with Crippen molar-refractivity contribution in [2.45, 2.75) is 13.8 Å². The van der Waals surface area contributed by atoms with Crippen molar-refractivity contribution in [1.82, 2.24) is 4.98 Å². The van der Waals surface area contributed by atoms with Gasteiger partial charge in [-0.05, 0) is 43.7 Å². The molecule has 2 aromatic carbocycles. The molecule has 3 rings (SSSR count). The molecule has 1 aromatic heterocycles. The molecule has 0 N–H and O–H groups in total. The van der Waals surface area contributed by atoms with Crippen molar-refractivity contribution < 1.29 is 29.9 Å². The SMILES string of the molecule is COc1cc(C=Nc2ccc(-c3nc(C)sc3C)cc2)ccc1N(CCOS(C)(=O)=O)CCOS(C)(=O)=O. The first-order chi connectivity index (χ1) is 17.8. The molecule has 0 saturated heterocycles. The van der Waals surface area contributed by atoms with Crippen LogP contribution in [-0.4, -0.2) is 74.0 Å². The number of aryl methyl sites for hydroxylation is 2. The average molecular weight is 582 g/mol. The van der Waals surface area contributed by atoms with Gasteiger partial charge in [0.05, 0.1) is 54.9 Å². The van der Waals surface area contributed by atoms with Crippen molar-refractivity contribution in [3.63, 3.8) is 0 Å². The van der Waals surface area contributed by atoms with Crippen LogP contribution in [0, 0.1) is 13.8 Å². The summed E-state index contributed by atoms with van der Waals surface area (Å²) in [4.78, 5) is 12.1. The van der Waals surface area contributed by atoms with Gasteiger partial charge in [0, 0.05) is 29.7 Å². The number of rotatable bonds is 13. The second-order valence-electron chi connectivity index (χ2n) is 8.41. The molecule has 10 nitrogen and oxygen atoms in total. The fourth-order valence-electron chi connectivity index (χ4n) is 3.64. The van der Waals surface area contributed by atoms with Crippen molar-refractivity contribution in [2.75, 3.05) is 50.8 Å². The standard InChI is InChI=1S/C25H31N3O7S3/c1-18-25(27-19(2)36-18)21-7-9-22(10-8-21)26-17-20-6-11-23(24(16-20)33-3)28(12-14-34-37(4,29)30)13-15-35-38(5,31)32/h6-11,16-17H,12-15H2,1-5H3. The molecule has 3 aromatic rings. The van der Waals surface area contributed by atoms with E-state index in [1.54, 1.807) is 34.6 Å². The molecule has 0 unspecified atom stereocenters. The number of hydrogen-bond acceptors (Lipinski definition) is 11. The fourth-order valence-corrected chi connectivity index (χ4v) is 5.23. The van der Waals surface area contributed by atoms with Gasteiger partial charge in [-0.15, -0.1) is 11.3 Å². The summed E-state index contributed by atoms with van der Waals surface area (Å²) in [6.45, 7) is 4.12. The zero-order valence-electron chi connectivity index (χ0n) is 21.9. The molecular weight excluding hydrogens is 550 g/mol. The van der Waals surface area contributed by atoms with Crippen molar-refractivity contribution in [3.8, 4) is 17.0 Å². The zero-order chi connectivity index (χ0) is 27.9. The van der Waals surface area contributed by atoms with Crippen molar-refractivity contribution in [1.29, 1.82) is 0 Å². The van der Waals surface area contributed by atoms with Gasteiger partial charge in [0.1, 0.15) is 5.75 Å². The van der Waals surface area contributed by atoms with E-state index in [0.717, 1.165) is 40.0 Å². The van der Waals surface area contributed by atoms with E-state index < -0.39 is 20.2 Å². The first-order valence-electron chi connectivity index (χ1n) is 11.5. The van der Waals surface area contributed by atoms with Gasteiger partial charge in [0.25, 0.3) is 20.2 Å². The number of nitrogens with zero attached hydrogens (tertiary/aromatic N) is 3. The van der Waals surface area contributed by atoms with Crippen LogP contribution < -0.4 is 9.64 Å². The lowest BCUT2D eigenvalue weighted by Gasteiger charge is -2.26. The summed E-state index contributed by atoms with van der Waals surface area (Å²) in [5.41, 5.74) is 4.20. The Kier molecular flexibility index (Phi) is 10.0. The lowest BCUT2D eigenvalue weighted by Crippen LogP contribution is -2.32. The molecule has 0 fully saturated rings. The fraction of sp³-hybridized carbons (Fsp3) is 0.360. The van der Waals surface area contributed by atoms with Crippen LogP contribution in [0.2, 0.25) is 0 Å². The monoisotopic (exact) mass is 581 g/mol. The molecule has 206 valence electrons. The van der Waals surface area contributed by atoms with Gasteiger partial charge in [0.15, 0.2) is 0 Å². The molecule has 38 heavy (non-hydrogen) atoms. The molecule has 0 spiro atoms. The highest BCUT2D eigenvalue weighted by molar-refractivity contribution is 7.86. The number of aromatic nitrogens is 1. The van der Waals surface area contributed by atoms with Crippen molar-refractivity contribution >= 4 is 49.2 Å². The lowest BCUT2D eigenvalue weighted by molar-refractivity contribution is 0.308. The van der Waals surface area contributed by atoms with Crippen LogP contribution in [0.15, 0.2) is 47.5 Å². The Bertz CT molecular complexity index is 1440. The summed E-state index contributed by atoms with van der Waals surface area (Å²) in [5.74, 6) is 0.498. The van der Waals surface area contributed by atoms with E-state index in [1.807, 2.05) is 37.3 Å². The molecule has 1 heterocycles. The van der Waals surface area contributed by atoms with Crippen LogP contribution in [0.3, 0.4) is 0 Å². The summed E-state index contributed by atoms with van der Waals surface area (Å²) < 4.78 is 60.8. The van der Waals surface area contributed by atoms with Crippen LogP contribution in [-0.2, 0) is 28.6 Å². The minimum Gasteiger partial charge on any atom is -0.495 e. The Morgan fingerprint density at radius 3 is 2.05 bits per heavy atom. The Hall–Kier alpha value is -2.84. The molecule has 0 atom stereocenters. The van der Waals surface area contributed by atoms with E-state index in [1.165, 1.54) is 12.0 Å². The maximum atomic E-state index is 11.4. The third kappa shape index (κ3) is 9.17. The number of ether oxygens (including phenoxy) is 1. The van der Waals surface area contributed by atoms with Gasteiger partial charge >= 0.3 is 0 Å². The van der Waals surface area contributed by atoms with Crippen molar-refractivity contribution in [2.24, 2.45) is 4.99 Å². The van der Waals surface area contributed by atoms with E-state index in [9.17, 15) is 16.8 Å². The smallest absolute Gasteiger partial charge is 0.264 e. The predicted octanol–water partition coefficient (Wildman–Crippen LogP) is 3.94. The largest absolute Gasteiger partial charge is 0.495 e.